The van der Waals surface area contributed by atoms with E-state index in [1.54, 1.807) is 16.9 Å². The van der Waals surface area contributed by atoms with E-state index in [-0.39, 0.29) is 0 Å². The summed E-state index contributed by atoms with van der Waals surface area (Å²) in [5.74, 6) is 0. The van der Waals surface area contributed by atoms with Gasteiger partial charge >= 0.3 is 45.9 Å². The maximum absolute atomic E-state index is 2.19. The van der Waals surface area contributed by atoms with E-state index in [0.717, 1.165) is 4.71 Å². The summed E-state index contributed by atoms with van der Waals surface area (Å²) in [6.07, 6.45) is 8.57. The summed E-state index contributed by atoms with van der Waals surface area (Å²) in [7, 11) is 0. The van der Waals surface area contributed by atoms with Crippen molar-refractivity contribution in [2.75, 3.05) is 0 Å². The Morgan fingerprint density at radius 3 is 1.83 bits per heavy atom. The third kappa shape index (κ3) is 0.753. The first kappa shape index (κ1) is 4.20. The fraction of sp³-hybridized carbons (Fsp3) is 0.200. The molecule has 1 aliphatic carbocycles. The Labute approximate surface area is 46.4 Å². The van der Waals surface area contributed by atoms with Gasteiger partial charge in [0, 0.05) is 0 Å². The van der Waals surface area contributed by atoms with E-state index in [0.29, 0.717) is 0 Å². The first-order valence-corrected chi connectivity index (χ1v) is 3.40. The van der Waals surface area contributed by atoms with Gasteiger partial charge in [-0.1, -0.05) is 0 Å². The van der Waals surface area contributed by atoms with Crippen LogP contribution in [0.2, 0.25) is 4.71 Å². The molecule has 0 nitrogen and oxygen atoms in total. The zero-order chi connectivity index (χ0) is 4.41. The standard InChI is InChI=1S/C5H7As/c6-5-3-1-2-4-5/h1-5H,6H2. The van der Waals surface area contributed by atoms with Crippen LogP contribution in [0.3, 0.4) is 0 Å². The van der Waals surface area contributed by atoms with Gasteiger partial charge in [-0.25, -0.2) is 0 Å². The normalized spacial score (nSPS) is 20.2. The number of hydrogen-bond donors (Lipinski definition) is 0. The maximum atomic E-state index is 2.19. The molecule has 0 fully saturated rings. The Hall–Kier alpha value is 0.0384. The quantitative estimate of drug-likeness (QED) is 0.433. The minimum absolute atomic E-state index is 0.748. The molecule has 32 valence electrons. The average molecular weight is 142 g/mol. The van der Waals surface area contributed by atoms with Crippen LogP contribution < -0.4 is 0 Å². The van der Waals surface area contributed by atoms with Crippen LogP contribution in [0.15, 0.2) is 24.3 Å². The van der Waals surface area contributed by atoms with Crippen molar-refractivity contribution in [3.05, 3.63) is 24.3 Å². The Kier molecular flexibility index (Phi) is 1.16. The summed E-state index contributed by atoms with van der Waals surface area (Å²) in [4.78, 5) is 0. The zero-order valence-corrected chi connectivity index (χ0v) is 5.89. The van der Waals surface area contributed by atoms with E-state index >= 15 is 0 Å². The molecule has 0 amide bonds. The van der Waals surface area contributed by atoms with E-state index < -0.39 is 0 Å². The van der Waals surface area contributed by atoms with Crippen LogP contribution in [0.1, 0.15) is 0 Å². The topological polar surface area (TPSA) is 0 Å². The van der Waals surface area contributed by atoms with Crippen LogP contribution in [-0.4, -0.2) is 16.9 Å². The van der Waals surface area contributed by atoms with Gasteiger partial charge in [-0.05, 0) is 0 Å². The predicted molar refractivity (Wildman–Crippen MR) is 30.6 cm³/mol. The molecule has 1 unspecified atom stereocenters. The van der Waals surface area contributed by atoms with Crippen molar-refractivity contribution >= 4 is 16.9 Å². The van der Waals surface area contributed by atoms with E-state index in [2.05, 4.69) is 24.3 Å². The minimum atomic E-state index is 0.748. The number of allylic oxidation sites excluding steroid dienone is 4. The summed E-state index contributed by atoms with van der Waals surface area (Å²) in [5, 5.41) is 0. The van der Waals surface area contributed by atoms with Crippen molar-refractivity contribution in [3.63, 3.8) is 0 Å². The van der Waals surface area contributed by atoms with Crippen LogP contribution in [0.4, 0.5) is 0 Å². The van der Waals surface area contributed by atoms with Crippen LogP contribution >= 0.6 is 0 Å². The third-order valence-electron chi connectivity index (χ3n) is 0.778. The molecule has 1 aliphatic rings. The molecular formula is C5H7As. The second kappa shape index (κ2) is 1.66. The fourth-order valence-electron chi connectivity index (χ4n) is 0.449. The number of rotatable bonds is 0. The molecule has 0 aromatic rings. The molecule has 1 rings (SSSR count). The molecule has 0 heterocycles. The molecule has 0 aliphatic heterocycles. The summed E-state index contributed by atoms with van der Waals surface area (Å²) in [6.45, 7) is 0. The Morgan fingerprint density at radius 2 is 1.67 bits per heavy atom. The first-order chi connectivity index (χ1) is 2.89. The third-order valence-corrected chi connectivity index (χ3v) is 1.71. The van der Waals surface area contributed by atoms with Crippen LogP contribution in [0.5, 0.6) is 0 Å². The van der Waals surface area contributed by atoms with E-state index in [9.17, 15) is 0 Å². The van der Waals surface area contributed by atoms with Gasteiger partial charge in [-0.15, -0.1) is 0 Å². The molecule has 0 N–H and O–H groups in total. The van der Waals surface area contributed by atoms with Crippen LogP contribution in [-0.2, 0) is 0 Å². The van der Waals surface area contributed by atoms with Gasteiger partial charge in [-0.2, -0.15) is 0 Å². The van der Waals surface area contributed by atoms with E-state index in [1.807, 2.05) is 0 Å². The summed E-state index contributed by atoms with van der Waals surface area (Å²) < 4.78 is 0.748. The molecule has 0 aromatic heterocycles. The van der Waals surface area contributed by atoms with E-state index in [4.69, 9.17) is 0 Å². The molecule has 0 radical (unpaired) electrons. The zero-order valence-electron chi connectivity index (χ0n) is 3.46. The van der Waals surface area contributed by atoms with Gasteiger partial charge in [0.15, 0.2) is 0 Å². The molecule has 0 bridgehead atoms. The van der Waals surface area contributed by atoms with Crippen molar-refractivity contribution in [2.24, 2.45) is 0 Å². The van der Waals surface area contributed by atoms with Crippen LogP contribution in [0, 0.1) is 0 Å². The Morgan fingerprint density at radius 1 is 1.17 bits per heavy atom. The van der Waals surface area contributed by atoms with Gasteiger partial charge < -0.3 is 0 Å². The van der Waals surface area contributed by atoms with Gasteiger partial charge in [0.2, 0.25) is 0 Å². The molecule has 0 spiro atoms. The Bertz CT molecular complexity index is 80.1. The molecule has 1 atom stereocenters. The molecule has 0 saturated heterocycles. The van der Waals surface area contributed by atoms with Crippen LogP contribution in [0.25, 0.3) is 0 Å². The predicted octanol–water partition coefficient (Wildman–Crippen LogP) is 0.534. The van der Waals surface area contributed by atoms with E-state index in [1.165, 1.54) is 0 Å². The molecule has 6 heavy (non-hydrogen) atoms. The summed E-state index contributed by atoms with van der Waals surface area (Å²) >= 11 is 1.77. The molecular weight excluding hydrogens is 135 g/mol. The van der Waals surface area contributed by atoms with Crippen molar-refractivity contribution in [3.8, 4) is 0 Å². The van der Waals surface area contributed by atoms with Crippen molar-refractivity contribution in [2.45, 2.75) is 4.71 Å². The first-order valence-electron chi connectivity index (χ1n) is 2.00. The summed E-state index contributed by atoms with van der Waals surface area (Å²) in [5.41, 5.74) is 0. The molecule has 1 heteroatoms. The van der Waals surface area contributed by atoms with Gasteiger partial charge in [-0.3, -0.25) is 0 Å². The average Bonchev–Trinajstić information content (AvgIpc) is 1.86. The van der Waals surface area contributed by atoms with Gasteiger partial charge in [0.25, 0.3) is 0 Å². The number of hydrogen-bond acceptors (Lipinski definition) is 0. The van der Waals surface area contributed by atoms with Gasteiger partial charge in [0.1, 0.15) is 0 Å². The second-order valence-electron chi connectivity index (χ2n) is 1.35. The second-order valence-corrected chi connectivity index (χ2v) is 2.96. The van der Waals surface area contributed by atoms with Gasteiger partial charge in [0.05, 0.1) is 0 Å². The molecule has 0 saturated carbocycles. The fourth-order valence-corrected chi connectivity index (χ4v) is 0.987. The SMILES string of the molecule is [AsH2]C1C=CC=C1. The molecule has 0 aromatic carbocycles. The van der Waals surface area contributed by atoms with Crippen molar-refractivity contribution in [1.29, 1.82) is 0 Å². The van der Waals surface area contributed by atoms with Crippen molar-refractivity contribution in [1.82, 2.24) is 0 Å². The summed E-state index contributed by atoms with van der Waals surface area (Å²) in [6, 6.07) is 0. The Balaban J connectivity index is 2.60. The monoisotopic (exact) mass is 142 g/mol. The van der Waals surface area contributed by atoms with Crippen molar-refractivity contribution < 1.29 is 0 Å².